The lowest BCUT2D eigenvalue weighted by atomic mass is 10.0. The summed E-state index contributed by atoms with van der Waals surface area (Å²) < 4.78 is 0. The molecule has 1 heterocycles. The molecule has 4 aromatic rings. The number of aromatic nitrogens is 1. The molecule has 4 rings (SSSR count). The van der Waals surface area contributed by atoms with Crippen molar-refractivity contribution in [1.82, 2.24) is 4.98 Å². The molecule has 0 bridgehead atoms. The van der Waals surface area contributed by atoms with E-state index in [9.17, 15) is 5.11 Å². The van der Waals surface area contributed by atoms with Crippen molar-refractivity contribution in [3.05, 3.63) is 89.8 Å². The van der Waals surface area contributed by atoms with Crippen molar-refractivity contribution >= 4 is 22.7 Å². The molecule has 0 aliphatic heterocycles. The third-order valence-electron chi connectivity index (χ3n) is 4.03. The van der Waals surface area contributed by atoms with Crippen LogP contribution >= 0.6 is 11.3 Å². The van der Waals surface area contributed by atoms with Crippen molar-refractivity contribution < 1.29 is 5.11 Å². The van der Waals surface area contributed by atoms with Crippen LogP contribution in [-0.2, 0) is 0 Å². The monoisotopic (exact) mass is 371 g/mol. The maximum absolute atomic E-state index is 9.42. The second-order valence-corrected chi connectivity index (χ2v) is 6.80. The lowest BCUT2D eigenvalue weighted by molar-refractivity contribution is 0.475. The second-order valence-electron chi connectivity index (χ2n) is 5.95. The molecule has 0 aliphatic rings. The smallest absolute Gasteiger partial charge is 0.203 e. The molecule has 2 N–H and O–H groups in total. The molecule has 132 valence electrons. The van der Waals surface area contributed by atoms with E-state index in [0.717, 1.165) is 33.1 Å². The van der Waals surface area contributed by atoms with Gasteiger partial charge in [0, 0.05) is 10.9 Å². The van der Waals surface area contributed by atoms with Gasteiger partial charge in [0.05, 0.1) is 11.9 Å². The van der Waals surface area contributed by atoms with Gasteiger partial charge in [0.15, 0.2) is 0 Å². The molecule has 4 nitrogen and oxygen atoms in total. The molecule has 5 heteroatoms. The minimum absolute atomic E-state index is 0.263. The first-order chi connectivity index (χ1) is 13.3. The van der Waals surface area contributed by atoms with E-state index >= 15 is 0 Å². The molecule has 0 amide bonds. The molecule has 0 saturated carbocycles. The number of aromatic hydroxyl groups is 1. The number of phenolic OH excluding ortho intramolecular Hbond substituents is 1. The molecular weight excluding hydrogens is 354 g/mol. The molecule has 3 aromatic carbocycles. The quantitative estimate of drug-likeness (QED) is 0.353. The molecule has 0 unspecified atom stereocenters. The largest absolute Gasteiger partial charge is 0.508 e. The van der Waals surface area contributed by atoms with Crippen LogP contribution in [0.2, 0.25) is 0 Å². The summed E-state index contributed by atoms with van der Waals surface area (Å²) in [6.45, 7) is 0. The van der Waals surface area contributed by atoms with Gasteiger partial charge in [-0.15, -0.1) is 11.3 Å². The third-order valence-corrected chi connectivity index (χ3v) is 4.78. The fourth-order valence-electron chi connectivity index (χ4n) is 2.68. The predicted octanol–water partition coefficient (Wildman–Crippen LogP) is 5.63. The van der Waals surface area contributed by atoms with Crippen LogP contribution in [0.1, 0.15) is 5.56 Å². The summed E-state index contributed by atoms with van der Waals surface area (Å²) in [5, 5.41) is 16.5. The van der Waals surface area contributed by atoms with E-state index in [0.29, 0.717) is 0 Å². The summed E-state index contributed by atoms with van der Waals surface area (Å²) in [5.74, 6) is 0.263. The van der Waals surface area contributed by atoms with Gasteiger partial charge in [-0.1, -0.05) is 60.7 Å². The Balaban J connectivity index is 1.45. The number of hydrogen-bond donors (Lipinski definition) is 2. The number of thiazole rings is 1. The van der Waals surface area contributed by atoms with Crippen molar-refractivity contribution in [3.63, 3.8) is 0 Å². The first-order valence-corrected chi connectivity index (χ1v) is 9.35. The highest BCUT2D eigenvalue weighted by molar-refractivity contribution is 7.14. The van der Waals surface area contributed by atoms with E-state index in [1.54, 1.807) is 18.3 Å². The van der Waals surface area contributed by atoms with Crippen LogP contribution in [0.4, 0.5) is 5.13 Å². The van der Waals surface area contributed by atoms with Crippen LogP contribution in [0, 0.1) is 0 Å². The Morgan fingerprint density at radius 2 is 1.63 bits per heavy atom. The lowest BCUT2D eigenvalue weighted by Crippen LogP contribution is -1.90. The molecule has 0 fully saturated rings. The van der Waals surface area contributed by atoms with Crippen LogP contribution in [0.15, 0.2) is 89.3 Å². The van der Waals surface area contributed by atoms with Gasteiger partial charge in [-0.05, 0) is 34.9 Å². The Morgan fingerprint density at radius 3 is 2.44 bits per heavy atom. The number of nitrogens with one attached hydrogen (secondary N) is 1. The Morgan fingerprint density at radius 1 is 0.852 bits per heavy atom. The number of rotatable bonds is 5. The minimum Gasteiger partial charge on any atom is -0.508 e. The lowest BCUT2D eigenvalue weighted by Gasteiger charge is -2.03. The van der Waals surface area contributed by atoms with Gasteiger partial charge in [-0.3, -0.25) is 5.43 Å². The SMILES string of the molecule is Oc1ccc(-c2cccc(C=NNc3nc(-c4ccccc4)cs3)c2)cc1. The Hall–Kier alpha value is -3.44. The second kappa shape index (κ2) is 7.85. The zero-order valence-corrected chi connectivity index (χ0v) is 15.2. The normalized spacial score (nSPS) is 11.0. The van der Waals surface area contributed by atoms with Crippen molar-refractivity contribution in [3.8, 4) is 28.1 Å². The van der Waals surface area contributed by atoms with Crippen LogP contribution in [0.3, 0.4) is 0 Å². The molecule has 0 atom stereocenters. The number of anilines is 1. The number of benzene rings is 3. The predicted molar refractivity (Wildman–Crippen MR) is 112 cm³/mol. The Labute approximate surface area is 161 Å². The van der Waals surface area contributed by atoms with Gasteiger partial charge >= 0.3 is 0 Å². The van der Waals surface area contributed by atoms with E-state index in [1.165, 1.54) is 11.3 Å². The molecule has 1 aromatic heterocycles. The Bertz CT molecular complexity index is 1060. The molecule has 0 spiro atoms. The molecule has 0 aliphatic carbocycles. The number of hydrogen-bond acceptors (Lipinski definition) is 5. The van der Waals surface area contributed by atoms with Crippen molar-refractivity contribution in [2.75, 3.05) is 5.43 Å². The van der Waals surface area contributed by atoms with E-state index in [2.05, 4.69) is 21.6 Å². The fourth-order valence-corrected chi connectivity index (χ4v) is 3.35. The maximum atomic E-state index is 9.42. The summed E-state index contributed by atoms with van der Waals surface area (Å²) in [4.78, 5) is 4.56. The highest BCUT2D eigenvalue weighted by Gasteiger charge is 2.03. The van der Waals surface area contributed by atoms with Gasteiger partial charge in [-0.2, -0.15) is 5.10 Å². The highest BCUT2D eigenvalue weighted by atomic mass is 32.1. The first-order valence-electron chi connectivity index (χ1n) is 8.47. The van der Waals surface area contributed by atoms with Gasteiger partial charge in [-0.25, -0.2) is 4.98 Å². The molecular formula is C22H17N3OS. The van der Waals surface area contributed by atoms with E-state index in [1.807, 2.05) is 66.0 Å². The summed E-state index contributed by atoms with van der Waals surface area (Å²) in [7, 11) is 0. The molecule has 27 heavy (non-hydrogen) atoms. The van der Waals surface area contributed by atoms with Crippen LogP contribution < -0.4 is 5.43 Å². The summed E-state index contributed by atoms with van der Waals surface area (Å²) in [5.41, 5.74) is 8.12. The van der Waals surface area contributed by atoms with Crippen LogP contribution in [0.5, 0.6) is 5.75 Å². The summed E-state index contributed by atoms with van der Waals surface area (Å²) in [6.07, 6.45) is 1.77. The maximum Gasteiger partial charge on any atom is 0.203 e. The highest BCUT2D eigenvalue weighted by Crippen LogP contribution is 2.25. The minimum atomic E-state index is 0.263. The fraction of sp³-hybridized carbons (Fsp3) is 0. The number of nitrogens with zero attached hydrogens (tertiary/aromatic N) is 2. The Kier molecular flexibility index (Phi) is 4.94. The number of phenols is 1. The van der Waals surface area contributed by atoms with E-state index in [-0.39, 0.29) is 5.75 Å². The first kappa shape index (κ1) is 17.0. The van der Waals surface area contributed by atoms with Crippen LogP contribution in [0.25, 0.3) is 22.4 Å². The van der Waals surface area contributed by atoms with E-state index < -0.39 is 0 Å². The molecule has 0 radical (unpaired) electrons. The zero-order valence-electron chi connectivity index (χ0n) is 14.4. The van der Waals surface area contributed by atoms with Crippen molar-refractivity contribution in [2.45, 2.75) is 0 Å². The average molecular weight is 371 g/mol. The van der Waals surface area contributed by atoms with Crippen molar-refractivity contribution in [2.24, 2.45) is 5.10 Å². The van der Waals surface area contributed by atoms with Crippen molar-refractivity contribution in [1.29, 1.82) is 0 Å². The summed E-state index contributed by atoms with van der Waals surface area (Å²) in [6, 6.07) is 25.3. The summed E-state index contributed by atoms with van der Waals surface area (Å²) >= 11 is 1.52. The standard InChI is InChI=1S/C22H17N3OS/c26-20-11-9-17(10-12-20)19-8-4-5-16(13-19)14-23-25-22-24-21(15-27-22)18-6-2-1-3-7-18/h1-15,26H,(H,24,25). The van der Waals surface area contributed by atoms with Gasteiger partial charge in [0.1, 0.15) is 5.75 Å². The van der Waals surface area contributed by atoms with Gasteiger partial charge in [0.2, 0.25) is 5.13 Å². The average Bonchev–Trinajstić information content (AvgIpc) is 3.18. The number of hydrazone groups is 1. The van der Waals surface area contributed by atoms with E-state index in [4.69, 9.17) is 0 Å². The zero-order chi connectivity index (χ0) is 18.5. The third kappa shape index (κ3) is 4.22. The topological polar surface area (TPSA) is 57.5 Å². The molecule has 0 saturated heterocycles. The van der Waals surface area contributed by atoms with Crippen LogP contribution in [-0.4, -0.2) is 16.3 Å². The van der Waals surface area contributed by atoms with Gasteiger partial charge < -0.3 is 5.11 Å². The van der Waals surface area contributed by atoms with Gasteiger partial charge in [0.25, 0.3) is 0 Å².